The molecule has 2 aliphatic heterocycles. The molecular weight excluding hydrogens is 441 g/mol. The molecule has 1 saturated heterocycles. The van der Waals surface area contributed by atoms with Crippen LogP contribution in [0.5, 0.6) is 0 Å². The fourth-order valence-electron chi connectivity index (χ4n) is 5.51. The van der Waals surface area contributed by atoms with E-state index < -0.39 is 0 Å². The van der Waals surface area contributed by atoms with Gasteiger partial charge in [-0.3, -0.25) is 9.69 Å². The second-order valence-electron chi connectivity index (χ2n) is 9.81. The number of nitrogens with one attached hydrogen (secondary N) is 1. The summed E-state index contributed by atoms with van der Waals surface area (Å²) >= 11 is 0. The summed E-state index contributed by atoms with van der Waals surface area (Å²) in [4.78, 5) is 16.2. The van der Waals surface area contributed by atoms with E-state index in [1.54, 1.807) is 19.1 Å². The van der Waals surface area contributed by atoms with Crippen LogP contribution in [0.3, 0.4) is 0 Å². The van der Waals surface area contributed by atoms with Gasteiger partial charge in [0.2, 0.25) is 5.91 Å². The third-order valence-electron chi connectivity index (χ3n) is 7.39. The van der Waals surface area contributed by atoms with E-state index in [9.17, 15) is 9.18 Å². The molecule has 0 saturated carbocycles. The maximum Gasteiger partial charge on any atom is 0.217 e. The van der Waals surface area contributed by atoms with Gasteiger partial charge in [-0.05, 0) is 66.1 Å². The zero-order valence-electron chi connectivity index (χ0n) is 20.6. The van der Waals surface area contributed by atoms with Crippen molar-refractivity contribution in [1.82, 2.24) is 10.2 Å². The van der Waals surface area contributed by atoms with Crippen LogP contribution in [0.25, 0.3) is 10.8 Å². The van der Waals surface area contributed by atoms with Crippen LogP contribution in [0.4, 0.5) is 10.1 Å². The first-order valence-corrected chi connectivity index (χ1v) is 12.6. The summed E-state index contributed by atoms with van der Waals surface area (Å²) in [5.74, 6) is -0.198. The minimum atomic E-state index is -0.191. The Morgan fingerprint density at radius 1 is 1.14 bits per heavy atom. The molecule has 2 atom stereocenters. The minimum absolute atomic E-state index is 0.00695. The second kappa shape index (κ2) is 10.3. The molecule has 5 nitrogen and oxygen atoms in total. The first-order valence-electron chi connectivity index (χ1n) is 12.6. The van der Waals surface area contributed by atoms with Gasteiger partial charge in [-0.1, -0.05) is 30.3 Å². The highest BCUT2D eigenvalue weighted by molar-refractivity contribution is 5.94. The van der Waals surface area contributed by atoms with Crippen LogP contribution in [0.1, 0.15) is 43.1 Å². The molecule has 3 aromatic rings. The monoisotopic (exact) mass is 475 g/mol. The number of amides is 1. The Hall–Kier alpha value is -2.96. The van der Waals surface area contributed by atoms with Crippen LogP contribution in [0, 0.1) is 5.82 Å². The summed E-state index contributed by atoms with van der Waals surface area (Å²) in [6, 6.07) is 18.1. The Balaban J connectivity index is 1.21. The molecule has 0 radical (unpaired) electrons. The number of hydrogen-bond acceptors (Lipinski definition) is 4. The summed E-state index contributed by atoms with van der Waals surface area (Å²) in [7, 11) is 0. The molecule has 5 rings (SSSR count). The molecule has 0 aromatic heterocycles. The van der Waals surface area contributed by atoms with Gasteiger partial charge in [0.25, 0.3) is 0 Å². The lowest BCUT2D eigenvalue weighted by Crippen LogP contribution is -2.52. The van der Waals surface area contributed by atoms with Crippen molar-refractivity contribution in [3.05, 3.63) is 77.1 Å². The number of nitrogens with zero attached hydrogens (tertiary/aromatic N) is 2. The molecule has 2 heterocycles. The number of benzene rings is 3. The highest BCUT2D eigenvalue weighted by atomic mass is 19.1. The molecule has 0 aliphatic carbocycles. The van der Waals surface area contributed by atoms with Crippen molar-refractivity contribution >= 4 is 22.4 Å². The number of anilines is 1. The lowest BCUT2D eigenvalue weighted by atomic mass is 9.93. The topological polar surface area (TPSA) is 44.8 Å². The van der Waals surface area contributed by atoms with E-state index in [2.05, 4.69) is 46.3 Å². The Morgan fingerprint density at radius 3 is 2.86 bits per heavy atom. The molecule has 1 fully saturated rings. The van der Waals surface area contributed by atoms with Gasteiger partial charge in [-0.25, -0.2) is 4.39 Å². The van der Waals surface area contributed by atoms with Crippen molar-refractivity contribution in [1.29, 1.82) is 0 Å². The number of halogens is 1. The van der Waals surface area contributed by atoms with E-state index in [0.717, 1.165) is 62.0 Å². The molecule has 0 spiro atoms. The first kappa shape index (κ1) is 23.8. The van der Waals surface area contributed by atoms with Gasteiger partial charge in [0, 0.05) is 56.8 Å². The van der Waals surface area contributed by atoms with Crippen LogP contribution in [-0.2, 0) is 22.5 Å². The molecule has 2 aliphatic rings. The first-order chi connectivity index (χ1) is 17.0. The summed E-state index contributed by atoms with van der Waals surface area (Å²) < 4.78 is 19.9. The summed E-state index contributed by atoms with van der Waals surface area (Å²) in [5, 5.41) is 4.94. The quantitative estimate of drug-likeness (QED) is 0.555. The molecule has 3 aromatic carbocycles. The van der Waals surface area contributed by atoms with Crippen molar-refractivity contribution in [2.45, 2.75) is 45.4 Å². The third kappa shape index (κ3) is 5.34. The van der Waals surface area contributed by atoms with Crippen molar-refractivity contribution in [3.8, 4) is 0 Å². The Labute approximate surface area is 206 Å². The molecule has 6 heteroatoms. The summed E-state index contributed by atoms with van der Waals surface area (Å²) in [6.45, 7) is 9.04. The van der Waals surface area contributed by atoms with E-state index in [1.807, 2.05) is 18.2 Å². The molecule has 35 heavy (non-hydrogen) atoms. The highest BCUT2D eigenvalue weighted by Crippen LogP contribution is 2.32. The maximum absolute atomic E-state index is 13.7. The van der Waals surface area contributed by atoms with E-state index >= 15 is 0 Å². The smallest absolute Gasteiger partial charge is 0.217 e. The van der Waals surface area contributed by atoms with Gasteiger partial charge in [0.05, 0.1) is 12.7 Å². The molecule has 0 unspecified atom stereocenters. The third-order valence-corrected chi connectivity index (χ3v) is 7.39. The van der Waals surface area contributed by atoms with E-state index in [0.29, 0.717) is 12.6 Å². The number of rotatable bonds is 6. The number of piperazine rings is 1. The number of carbonyl (C=O) groups excluding carboxylic acids is 1. The van der Waals surface area contributed by atoms with Crippen molar-refractivity contribution < 1.29 is 13.9 Å². The minimum Gasteiger partial charge on any atom is -0.373 e. The fourth-order valence-corrected chi connectivity index (χ4v) is 5.51. The zero-order chi connectivity index (χ0) is 24.4. The normalized spacial score (nSPS) is 20.6. The van der Waals surface area contributed by atoms with Crippen LogP contribution in [-0.4, -0.2) is 49.6 Å². The Morgan fingerprint density at radius 2 is 2.03 bits per heavy atom. The average molecular weight is 476 g/mol. The molecular formula is C29H34FN3O2. The standard InChI is InChI=1S/C29H34FN3O2/c1-20-19-33(28-5-3-4-23-17-25(30)7-9-26(23)28)14-13-32(20)12-10-29-27-8-6-22(18-31-21(2)34)16-24(27)11-15-35-29/h3-9,16-17,20,29H,10-15,18-19H2,1-2H3,(H,31,34)/t20-,29+/m1/s1. The summed E-state index contributed by atoms with van der Waals surface area (Å²) in [6.07, 6.45) is 2.01. The van der Waals surface area contributed by atoms with Crippen LogP contribution in [0.2, 0.25) is 0 Å². The predicted octanol–water partition coefficient (Wildman–Crippen LogP) is 4.83. The van der Waals surface area contributed by atoms with Gasteiger partial charge in [-0.2, -0.15) is 0 Å². The molecule has 1 amide bonds. The lowest BCUT2D eigenvalue weighted by Gasteiger charge is -2.42. The number of carbonyl (C=O) groups is 1. The average Bonchev–Trinajstić information content (AvgIpc) is 2.86. The van der Waals surface area contributed by atoms with Crippen LogP contribution < -0.4 is 10.2 Å². The number of hydrogen-bond donors (Lipinski definition) is 1. The van der Waals surface area contributed by atoms with E-state index in [-0.39, 0.29) is 17.8 Å². The van der Waals surface area contributed by atoms with Gasteiger partial charge in [0.1, 0.15) is 5.82 Å². The Bertz CT molecular complexity index is 1210. The van der Waals surface area contributed by atoms with Crippen molar-refractivity contribution in [3.63, 3.8) is 0 Å². The van der Waals surface area contributed by atoms with E-state index in [1.165, 1.54) is 16.8 Å². The zero-order valence-corrected chi connectivity index (χ0v) is 20.6. The predicted molar refractivity (Wildman–Crippen MR) is 138 cm³/mol. The molecule has 184 valence electrons. The van der Waals surface area contributed by atoms with Crippen LogP contribution >= 0.6 is 0 Å². The number of ether oxygens (including phenoxy) is 1. The van der Waals surface area contributed by atoms with Crippen molar-refractivity contribution in [2.24, 2.45) is 0 Å². The lowest BCUT2D eigenvalue weighted by molar-refractivity contribution is -0.119. The highest BCUT2D eigenvalue weighted by Gasteiger charge is 2.27. The Kier molecular flexibility index (Phi) is 7.02. The number of fused-ring (bicyclic) bond motifs is 2. The van der Waals surface area contributed by atoms with Crippen LogP contribution in [0.15, 0.2) is 54.6 Å². The fraction of sp³-hybridized carbons (Fsp3) is 0.414. The SMILES string of the molecule is CC(=O)NCc1ccc2c(c1)CCO[C@H]2CCN1CCN(c2cccc3cc(F)ccc23)C[C@H]1C. The largest absolute Gasteiger partial charge is 0.373 e. The van der Waals surface area contributed by atoms with Gasteiger partial charge in [0.15, 0.2) is 0 Å². The van der Waals surface area contributed by atoms with Gasteiger partial charge >= 0.3 is 0 Å². The second-order valence-corrected chi connectivity index (χ2v) is 9.81. The van der Waals surface area contributed by atoms with Crippen molar-refractivity contribution in [2.75, 3.05) is 37.7 Å². The summed E-state index contributed by atoms with van der Waals surface area (Å²) in [5.41, 5.74) is 4.96. The van der Waals surface area contributed by atoms with Gasteiger partial charge in [-0.15, -0.1) is 0 Å². The molecule has 0 bridgehead atoms. The molecule has 1 N–H and O–H groups in total. The van der Waals surface area contributed by atoms with Gasteiger partial charge < -0.3 is 15.0 Å². The maximum atomic E-state index is 13.7. The van der Waals surface area contributed by atoms with E-state index in [4.69, 9.17) is 4.74 Å².